The molecule has 0 aromatic carbocycles. The molecule has 2 aliphatic rings. The Labute approximate surface area is 97.8 Å². The molecule has 0 aromatic heterocycles. The van der Waals surface area contributed by atoms with E-state index in [1.165, 1.54) is 25.9 Å². The summed E-state index contributed by atoms with van der Waals surface area (Å²) in [5.74, 6) is 0.0918. The minimum Gasteiger partial charge on any atom is -0.339 e. The van der Waals surface area contributed by atoms with E-state index in [9.17, 15) is 4.79 Å². The zero-order valence-corrected chi connectivity index (χ0v) is 10.4. The fourth-order valence-electron chi connectivity index (χ4n) is 2.74. The van der Waals surface area contributed by atoms with Gasteiger partial charge in [0, 0.05) is 19.1 Å². The van der Waals surface area contributed by atoms with Crippen molar-refractivity contribution in [2.24, 2.45) is 5.73 Å². The van der Waals surface area contributed by atoms with E-state index < -0.39 is 5.54 Å². The fraction of sp³-hybridized carbons (Fsp3) is 0.917. The third kappa shape index (κ3) is 2.38. The predicted octanol–water partition coefficient (Wildman–Crippen LogP) is 0.420. The zero-order valence-electron chi connectivity index (χ0n) is 10.4. The number of nitrogens with zero attached hydrogens (tertiary/aromatic N) is 2. The van der Waals surface area contributed by atoms with E-state index in [0.29, 0.717) is 6.04 Å². The number of rotatable bonds is 2. The van der Waals surface area contributed by atoms with Gasteiger partial charge in [0.2, 0.25) is 5.91 Å². The van der Waals surface area contributed by atoms with Gasteiger partial charge in [0.15, 0.2) is 0 Å². The lowest BCUT2D eigenvalue weighted by Gasteiger charge is -2.27. The third-order valence-corrected chi connectivity index (χ3v) is 3.66. The lowest BCUT2D eigenvalue weighted by molar-refractivity contribution is -0.134. The number of hydrogen-bond donors (Lipinski definition) is 1. The molecule has 0 bridgehead atoms. The second-order valence-electron chi connectivity index (χ2n) is 5.66. The molecule has 0 saturated carbocycles. The third-order valence-electron chi connectivity index (χ3n) is 3.66. The van der Waals surface area contributed by atoms with Crippen molar-refractivity contribution in [3.05, 3.63) is 0 Å². The predicted molar refractivity (Wildman–Crippen MR) is 64.1 cm³/mol. The maximum atomic E-state index is 12.0. The average molecular weight is 225 g/mol. The summed E-state index contributed by atoms with van der Waals surface area (Å²) in [6, 6.07) is 0.578. The summed E-state index contributed by atoms with van der Waals surface area (Å²) in [5.41, 5.74) is 5.13. The van der Waals surface area contributed by atoms with Crippen LogP contribution in [0.15, 0.2) is 0 Å². The molecule has 0 radical (unpaired) electrons. The molecule has 2 aliphatic heterocycles. The van der Waals surface area contributed by atoms with Crippen LogP contribution in [0.2, 0.25) is 0 Å². The molecule has 2 fully saturated rings. The highest BCUT2D eigenvalue weighted by atomic mass is 16.2. The molecular weight excluding hydrogens is 202 g/mol. The van der Waals surface area contributed by atoms with E-state index in [2.05, 4.69) is 4.90 Å². The van der Waals surface area contributed by atoms with Gasteiger partial charge < -0.3 is 10.6 Å². The van der Waals surface area contributed by atoms with Crippen molar-refractivity contribution < 1.29 is 4.79 Å². The van der Waals surface area contributed by atoms with Crippen LogP contribution in [0, 0.1) is 0 Å². The minimum absolute atomic E-state index is 0.0918. The SMILES string of the molecule is CC(C)(N)C(=O)N1CCC(N2CCCC2)C1. The monoisotopic (exact) mass is 225 g/mol. The number of carbonyl (C=O) groups is 1. The first kappa shape index (κ1) is 11.9. The summed E-state index contributed by atoms with van der Waals surface area (Å²) in [7, 11) is 0. The summed E-state index contributed by atoms with van der Waals surface area (Å²) < 4.78 is 0. The van der Waals surface area contributed by atoms with E-state index in [0.717, 1.165) is 19.5 Å². The molecule has 16 heavy (non-hydrogen) atoms. The lowest BCUT2D eigenvalue weighted by Crippen LogP contribution is -2.51. The molecule has 0 aromatic rings. The van der Waals surface area contributed by atoms with Crippen molar-refractivity contribution in [3.8, 4) is 0 Å². The number of amides is 1. The van der Waals surface area contributed by atoms with Crippen LogP contribution in [-0.4, -0.2) is 53.5 Å². The Morgan fingerprint density at radius 2 is 1.88 bits per heavy atom. The highest BCUT2D eigenvalue weighted by molar-refractivity contribution is 5.85. The van der Waals surface area contributed by atoms with E-state index in [1.54, 1.807) is 13.8 Å². The van der Waals surface area contributed by atoms with Gasteiger partial charge in [-0.2, -0.15) is 0 Å². The highest BCUT2D eigenvalue weighted by Crippen LogP contribution is 2.21. The van der Waals surface area contributed by atoms with Crippen molar-refractivity contribution >= 4 is 5.91 Å². The van der Waals surface area contributed by atoms with Crippen LogP contribution in [0.3, 0.4) is 0 Å². The van der Waals surface area contributed by atoms with Crippen LogP contribution in [-0.2, 0) is 4.79 Å². The quantitative estimate of drug-likeness (QED) is 0.741. The molecular formula is C12H23N3O. The van der Waals surface area contributed by atoms with E-state index in [1.807, 2.05) is 4.90 Å². The smallest absolute Gasteiger partial charge is 0.242 e. The van der Waals surface area contributed by atoms with Crippen LogP contribution in [0.25, 0.3) is 0 Å². The first-order valence-corrected chi connectivity index (χ1v) is 6.31. The van der Waals surface area contributed by atoms with Gasteiger partial charge in [-0.1, -0.05) is 0 Å². The molecule has 4 heteroatoms. The molecule has 2 saturated heterocycles. The molecule has 2 heterocycles. The van der Waals surface area contributed by atoms with Crippen molar-refractivity contribution in [1.29, 1.82) is 0 Å². The molecule has 1 amide bonds. The Hall–Kier alpha value is -0.610. The number of hydrogen-bond acceptors (Lipinski definition) is 3. The van der Waals surface area contributed by atoms with Crippen LogP contribution in [0.1, 0.15) is 33.1 Å². The van der Waals surface area contributed by atoms with Gasteiger partial charge in [-0.3, -0.25) is 9.69 Å². The average Bonchev–Trinajstić information content (AvgIpc) is 2.85. The Bertz CT molecular complexity index is 266. The first-order chi connectivity index (χ1) is 7.48. The first-order valence-electron chi connectivity index (χ1n) is 6.31. The fourth-order valence-corrected chi connectivity index (χ4v) is 2.74. The molecule has 0 spiro atoms. The Morgan fingerprint density at radius 1 is 1.25 bits per heavy atom. The standard InChI is InChI=1S/C12H23N3O/c1-12(2,13)11(16)15-8-5-10(9-15)14-6-3-4-7-14/h10H,3-9,13H2,1-2H3. The maximum Gasteiger partial charge on any atom is 0.242 e. The number of carbonyl (C=O) groups excluding carboxylic acids is 1. The minimum atomic E-state index is -0.722. The van der Waals surface area contributed by atoms with Crippen LogP contribution >= 0.6 is 0 Å². The number of likely N-dealkylation sites (tertiary alicyclic amines) is 2. The van der Waals surface area contributed by atoms with Gasteiger partial charge in [0.05, 0.1) is 5.54 Å². The van der Waals surface area contributed by atoms with E-state index >= 15 is 0 Å². The van der Waals surface area contributed by atoms with Gasteiger partial charge in [-0.05, 0) is 46.2 Å². The summed E-state index contributed by atoms with van der Waals surface area (Å²) in [6.45, 7) is 7.74. The largest absolute Gasteiger partial charge is 0.339 e. The van der Waals surface area contributed by atoms with Gasteiger partial charge in [-0.25, -0.2) is 0 Å². The van der Waals surface area contributed by atoms with Gasteiger partial charge in [0.25, 0.3) is 0 Å². The molecule has 1 unspecified atom stereocenters. The molecule has 1 atom stereocenters. The summed E-state index contributed by atoms with van der Waals surface area (Å²) in [6.07, 6.45) is 3.74. The van der Waals surface area contributed by atoms with Crippen LogP contribution < -0.4 is 5.73 Å². The van der Waals surface area contributed by atoms with Crippen molar-refractivity contribution in [2.75, 3.05) is 26.2 Å². The van der Waals surface area contributed by atoms with Gasteiger partial charge in [-0.15, -0.1) is 0 Å². The maximum absolute atomic E-state index is 12.0. The Kier molecular flexibility index (Phi) is 3.22. The number of nitrogens with two attached hydrogens (primary N) is 1. The molecule has 2 rings (SSSR count). The van der Waals surface area contributed by atoms with Crippen LogP contribution in [0.4, 0.5) is 0 Å². The lowest BCUT2D eigenvalue weighted by atomic mass is 10.1. The topological polar surface area (TPSA) is 49.6 Å². The van der Waals surface area contributed by atoms with Crippen LogP contribution in [0.5, 0.6) is 0 Å². The zero-order chi connectivity index (χ0) is 11.8. The van der Waals surface area contributed by atoms with E-state index in [4.69, 9.17) is 5.73 Å². The molecule has 4 nitrogen and oxygen atoms in total. The summed E-state index contributed by atoms with van der Waals surface area (Å²) in [4.78, 5) is 16.5. The van der Waals surface area contributed by atoms with Gasteiger partial charge in [0.1, 0.15) is 0 Å². The van der Waals surface area contributed by atoms with Crippen molar-refractivity contribution in [1.82, 2.24) is 9.80 Å². The molecule has 92 valence electrons. The van der Waals surface area contributed by atoms with Crippen molar-refractivity contribution in [3.63, 3.8) is 0 Å². The summed E-state index contributed by atoms with van der Waals surface area (Å²) >= 11 is 0. The highest BCUT2D eigenvalue weighted by Gasteiger charge is 2.35. The molecule has 2 N–H and O–H groups in total. The Morgan fingerprint density at radius 3 is 2.44 bits per heavy atom. The van der Waals surface area contributed by atoms with Crippen molar-refractivity contribution in [2.45, 2.75) is 44.7 Å². The normalized spacial score (nSPS) is 27.7. The summed E-state index contributed by atoms with van der Waals surface area (Å²) in [5, 5.41) is 0. The Balaban J connectivity index is 1.90. The van der Waals surface area contributed by atoms with Gasteiger partial charge >= 0.3 is 0 Å². The van der Waals surface area contributed by atoms with E-state index in [-0.39, 0.29) is 5.91 Å². The molecule has 0 aliphatic carbocycles. The second kappa shape index (κ2) is 4.34. The second-order valence-corrected chi connectivity index (χ2v) is 5.66.